The first kappa shape index (κ1) is 17.1. The highest BCUT2D eigenvalue weighted by atomic mass is 32.2. The molecule has 1 aromatic carbocycles. The van der Waals surface area contributed by atoms with Crippen LogP contribution in [0.4, 0.5) is 14.5 Å². The maximum Gasteiger partial charge on any atom is 0.341 e. The minimum Gasteiger partial charge on any atom is -0.360 e. The summed E-state index contributed by atoms with van der Waals surface area (Å²) in [6.45, 7) is 1.81. The summed E-state index contributed by atoms with van der Waals surface area (Å²) in [5, 5.41) is 14.3. The predicted octanol–water partition coefficient (Wildman–Crippen LogP) is 3.42. The second-order valence-electron chi connectivity index (χ2n) is 4.44. The van der Waals surface area contributed by atoms with Crippen molar-refractivity contribution in [1.82, 2.24) is 4.98 Å². The number of thiazole rings is 1. The van der Waals surface area contributed by atoms with Crippen LogP contribution in [-0.4, -0.2) is 19.2 Å². The van der Waals surface area contributed by atoms with Crippen LogP contribution in [0.5, 0.6) is 0 Å². The number of alkyl halides is 2. The van der Waals surface area contributed by atoms with Crippen molar-refractivity contribution in [2.75, 3.05) is 5.32 Å². The second-order valence-corrected chi connectivity index (χ2v) is 7.21. The summed E-state index contributed by atoms with van der Waals surface area (Å²) >= 11 is 1.32. The quantitative estimate of drug-likeness (QED) is 0.831. The van der Waals surface area contributed by atoms with Crippen LogP contribution >= 0.6 is 11.3 Å². The molecule has 0 saturated carbocycles. The van der Waals surface area contributed by atoms with E-state index in [2.05, 4.69) is 10.3 Å². The van der Waals surface area contributed by atoms with Crippen LogP contribution in [-0.2, 0) is 9.84 Å². The van der Waals surface area contributed by atoms with Gasteiger partial charge in [-0.1, -0.05) is 0 Å². The third-order valence-electron chi connectivity index (χ3n) is 2.77. The Morgan fingerprint density at radius 2 is 2.04 bits per heavy atom. The second kappa shape index (κ2) is 6.85. The van der Waals surface area contributed by atoms with Crippen molar-refractivity contribution in [3.05, 3.63) is 46.5 Å². The third-order valence-corrected chi connectivity index (χ3v) is 5.16. The molecule has 0 amide bonds. The van der Waals surface area contributed by atoms with E-state index < -0.39 is 20.5 Å². The zero-order valence-corrected chi connectivity index (χ0v) is 13.5. The topological polar surface area (TPSA) is 82.9 Å². The average molecular weight is 355 g/mol. The molecule has 120 valence electrons. The van der Waals surface area contributed by atoms with Gasteiger partial charge in [-0.2, -0.15) is 14.0 Å². The molecule has 0 radical (unpaired) electrons. The highest BCUT2D eigenvalue weighted by Gasteiger charge is 2.26. The first-order valence-corrected chi connectivity index (χ1v) is 8.68. The van der Waals surface area contributed by atoms with Crippen LogP contribution in [0.15, 0.2) is 40.7 Å². The highest BCUT2D eigenvalue weighted by molar-refractivity contribution is 7.91. The first-order valence-electron chi connectivity index (χ1n) is 6.26. The maximum absolute atomic E-state index is 12.4. The number of benzene rings is 1. The smallest absolute Gasteiger partial charge is 0.341 e. The molecule has 0 bridgehead atoms. The van der Waals surface area contributed by atoms with Crippen molar-refractivity contribution in [3.8, 4) is 6.07 Å². The predicted molar refractivity (Wildman–Crippen MR) is 83.7 cm³/mol. The van der Waals surface area contributed by atoms with Crippen LogP contribution in [0.2, 0.25) is 0 Å². The number of hydrogen-bond acceptors (Lipinski definition) is 6. The largest absolute Gasteiger partial charge is 0.360 e. The van der Waals surface area contributed by atoms with Crippen molar-refractivity contribution in [3.63, 3.8) is 0 Å². The van der Waals surface area contributed by atoms with E-state index >= 15 is 0 Å². The van der Waals surface area contributed by atoms with Gasteiger partial charge >= 0.3 is 5.76 Å². The molecule has 0 saturated heterocycles. The van der Waals surface area contributed by atoms with Crippen LogP contribution in [0.25, 0.3) is 5.57 Å². The summed E-state index contributed by atoms with van der Waals surface area (Å²) in [6, 6.07) is 6.85. The molecule has 0 aliphatic heterocycles. The van der Waals surface area contributed by atoms with Crippen LogP contribution in [0, 0.1) is 18.3 Å². The molecule has 1 heterocycles. The van der Waals surface area contributed by atoms with Crippen molar-refractivity contribution >= 4 is 32.4 Å². The van der Waals surface area contributed by atoms with Crippen LogP contribution in [0.3, 0.4) is 0 Å². The average Bonchev–Trinajstić information content (AvgIpc) is 2.94. The Kier molecular flexibility index (Phi) is 5.08. The summed E-state index contributed by atoms with van der Waals surface area (Å²) in [4.78, 5) is 3.72. The van der Waals surface area contributed by atoms with Gasteiger partial charge < -0.3 is 5.32 Å². The van der Waals surface area contributed by atoms with Crippen molar-refractivity contribution in [2.24, 2.45) is 0 Å². The lowest BCUT2D eigenvalue weighted by molar-refractivity contribution is 0.234. The SMILES string of the molecule is Cc1csc(/C(C#N)=C/Nc2ccc(S(=O)(=O)C(F)F)cc2)n1. The highest BCUT2D eigenvalue weighted by Crippen LogP contribution is 2.22. The molecular weight excluding hydrogens is 344 g/mol. The van der Waals surface area contributed by atoms with E-state index in [4.69, 9.17) is 5.26 Å². The van der Waals surface area contributed by atoms with E-state index in [1.165, 1.54) is 29.7 Å². The lowest BCUT2D eigenvalue weighted by atomic mass is 10.3. The lowest BCUT2D eigenvalue weighted by Gasteiger charge is -2.05. The number of rotatable bonds is 5. The molecule has 0 fully saturated rings. The molecule has 0 aliphatic rings. The molecule has 1 N–H and O–H groups in total. The van der Waals surface area contributed by atoms with E-state index in [-0.39, 0.29) is 0 Å². The number of aromatic nitrogens is 1. The fraction of sp³-hybridized carbons (Fsp3) is 0.143. The molecule has 2 aromatic rings. The molecule has 23 heavy (non-hydrogen) atoms. The number of halogens is 2. The molecule has 0 aliphatic carbocycles. The van der Waals surface area contributed by atoms with E-state index in [1.54, 1.807) is 0 Å². The summed E-state index contributed by atoms with van der Waals surface area (Å²) in [6.07, 6.45) is 1.43. The van der Waals surface area contributed by atoms with Gasteiger partial charge in [-0.15, -0.1) is 11.3 Å². The lowest BCUT2D eigenvalue weighted by Crippen LogP contribution is -2.11. The number of sulfone groups is 1. The van der Waals surface area contributed by atoms with Crippen LogP contribution in [0.1, 0.15) is 10.7 Å². The molecule has 2 rings (SSSR count). The van der Waals surface area contributed by atoms with Crippen LogP contribution < -0.4 is 5.32 Å². The van der Waals surface area contributed by atoms with E-state index in [9.17, 15) is 17.2 Å². The van der Waals surface area contributed by atoms with E-state index in [1.807, 2.05) is 18.4 Å². The van der Waals surface area contributed by atoms with Gasteiger partial charge in [0.1, 0.15) is 16.6 Å². The van der Waals surface area contributed by atoms with Crippen molar-refractivity contribution < 1.29 is 17.2 Å². The molecule has 0 unspecified atom stereocenters. The summed E-state index contributed by atoms with van der Waals surface area (Å²) in [7, 11) is -4.61. The van der Waals surface area contributed by atoms with Gasteiger partial charge in [0.2, 0.25) is 9.84 Å². The van der Waals surface area contributed by atoms with Crippen molar-refractivity contribution in [1.29, 1.82) is 5.26 Å². The number of aryl methyl sites for hydroxylation is 1. The maximum atomic E-state index is 12.4. The summed E-state index contributed by atoms with van der Waals surface area (Å²) in [5.41, 5.74) is 1.57. The third kappa shape index (κ3) is 3.91. The normalized spacial score (nSPS) is 12.2. The minimum absolute atomic E-state index is 0.312. The molecular formula is C14H11F2N3O2S2. The van der Waals surface area contributed by atoms with Gasteiger partial charge in [-0.25, -0.2) is 13.4 Å². The Morgan fingerprint density at radius 1 is 1.39 bits per heavy atom. The summed E-state index contributed by atoms with van der Waals surface area (Å²) in [5.74, 6) is -3.46. The fourth-order valence-electron chi connectivity index (χ4n) is 1.62. The number of hydrogen-bond donors (Lipinski definition) is 1. The Morgan fingerprint density at radius 3 is 2.52 bits per heavy atom. The Bertz CT molecular complexity index is 866. The van der Waals surface area contributed by atoms with Gasteiger partial charge in [0, 0.05) is 23.0 Å². The zero-order chi connectivity index (χ0) is 17.0. The number of allylic oxidation sites excluding steroid dienone is 1. The van der Waals surface area contributed by atoms with E-state index in [0.29, 0.717) is 16.3 Å². The standard InChI is InChI=1S/C14H11F2N3O2S2/c1-9-8-22-13(19-9)10(6-17)7-18-11-2-4-12(5-3-11)23(20,21)14(15)16/h2-5,7-8,14,18H,1H3/b10-7+. The molecule has 5 nitrogen and oxygen atoms in total. The monoisotopic (exact) mass is 355 g/mol. The number of nitriles is 1. The van der Waals surface area contributed by atoms with Crippen molar-refractivity contribution in [2.45, 2.75) is 17.6 Å². The fourth-order valence-corrected chi connectivity index (χ4v) is 3.10. The van der Waals surface area contributed by atoms with Gasteiger partial charge in [-0.05, 0) is 31.2 Å². The Balaban J connectivity index is 2.18. The number of anilines is 1. The Labute approximate surface area is 135 Å². The van der Waals surface area contributed by atoms with Gasteiger partial charge in [0.25, 0.3) is 0 Å². The molecule has 9 heteroatoms. The molecule has 0 atom stereocenters. The minimum atomic E-state index is -4.61. The van der Waals surface area contributed by atoms with E-state index in [0.717, 1.165) is 17.8 Å². The molecule has 1 aromatic heterocycles. The Hall–Kier alpha value is -2.31. The zero-order valence-electron chi connectivity index (χ0n) is 11.8. The summed E-state index contributed by atoms with van der Waals surface area (Å²) < 4.78 is 47.5. The van der Waals surface area contributed by atoms with Gasteiger partial charge in [0.05, 0.1) is 4.90 Å². The van der Waals surface area contributed by atoms with Gasteiger partial charge in [0.15, 0.2) is 0 Å². The molecule has 0 spiro atoms. The number of nitrogens with zero attached hydrogens (tertiary/aromatic N) is 2. The first-order chi connectivity index (χ1) is 10.8. The van der Waals surface area contributed by atoms with Gasteiger partial charge in [-0.3, -0.25) is 0 Å². The number of nitrogens with one attached hydrogen (secondary N) is 1.